The second kappa shape index (κ2) is 11.3. The quantitative estimate of drug-likeness (QED) is 0.212. The van der Waals surface area contributed by atoms with Gasteiger partial charge in [0.05, 0.1) is 16.8 Å². The number of aryl methyl sites for hydroxylation is 1. The molecule has 0 spiro atoms. The molecule has 5 nitrogen and oxygen atoms in total. The van der Waals surface area contributed by atoms with Crippen LogP contribution in [0.3, 0.4) is 0 Å². The first-order chi connectivity index (χ1) is 22.0. The number of benzene rings is 4. The van der Waals surface area contributed by atoms with Gasteiger partial charge < -0.3 is 9.52 Å². The third-order valence-corrected chi connectivity index (χ3v) is 8.68. The molecule has 0 atom stereocenters. The summed E-state index contributed by atoms with van der Waals surface area (Å²) in [6, 6.07) is 31.1. The van der Waals surface area contributed by atoms with Crippen LogP contribution in [0.5, 0.6) is 5.75 Å². The van der Waals surface area contributed by atoms with Crippen LogP contribution in [0.15, 0.2) is 108 Å². The van der Waals surface area contributed by atoms with Crippen LogP contribution in [-0.2, 0) is 5.41 Å². The minimum absolute atomic E-state index is 0.0867. The number of oxazole rings is 1. The van der Waals surface area contributed by atoms with Crippen molar-refractivity contribution in [2.45, 2.75) is 52.9 Å². The Morgan fingerprint density at radius 3 is 2.22 bits per heavy atom. The largest absolute Gasteiger partial charge is 0.507 e. The van der Waals surface area contributed by atoms with E-state index in [1.807, 2.05) is 36.7 Å². The first-order valence-corrected chi connectivity index (χ1v) is 15.8. The summed E-state index contributed by atoms with van der Waals surface area (Å²) >= 11 is 0. The normalized spacial score (nSPS) is 12.0. The molecule has 0 aliphatic heterocycles. The number of aromatic hydroxyl groups is 1. The molecule has 7 aromatic rings. The van der Waals surface area contributed by atoms with Gasteiger partial charge >= 0.3 is 0 Å². The average molecular weight is 604 g/mol. The van der Waals surface area contributed by atoms with Crippen molar-refractivity contribution >= 4 is 22.0 Å². The molecule has 0 unspecified atom stereocenters. The summed E-state index contributed by atoms with van der Waals surface area (Å²) in [4.78, 5) is 14.5. The maximum Gasteiger partial charge on any atom is 0.231 e. The van der Waals surface area contributed by atoms with Crippen LogP contribution in [0.2, 0.25) is 0 Å². The first-order valence-electron chi connectivity index (χ1n) is 15.8. The van der Waals surface area contributed by atoms with Crippen LogP contribution in [-0.4, -0.2) is 20.1 Å². The monoisotopic (exact) mass is 603 g/mol. The molecule has 0 aliphatic rings. The molecule has 46 heavy (non-hydrogen) atoms. The van der Waals surface area contributed by atoms with E-state index in [0.29, 0.717) is 17.0 Å². The fourth-order valence-corrected chi connectivity index (χ4v) is 6.00. The lowest BCUT2D eigenvalue weighted by molar-refractivity contribution is 0.473. The van der Waals surface area contributed by atoms with Crippen LogP contribution in [0.1, 0.15) is 57.2 Å². The molecule has 228 valence electrons. The number of rotatable bonds is 5. The van der Waals surface area contributed by atoms with E-state index in [9.17, 15) is 5.11 Å². The van der Waals surface area contributed by atoms with E-state index in [1.54, 1.807) is 6.07 Å². The van der Waals surface area contributed by atoms with Crippen molar-refractivity contribution in [3.05, 3.63) is 120 Å². The van der Waals surface area contributed by atoms with Crippen molar-refractivity contribution in [1.82, 2.24) is 15.0 Å². The molecule has 0 fully saturated rings. The highest BCUT2D eigenvalue weighted by molar-refractivity contribution is 5.99. The molecule has 5 heteroatoms. The van der Waals surface area contributed by atoms with Gasteiger partial charge in [-0.15, -0.1) is 0 Å². The summed E-state index contributed by atoms with van der Waals surface area (Å²) in [5, 5.41) is 11.9. The van der Waals surface area contributed by atoms with Crippen LogP contribution in [0, 0.1) is 6.92 Å². The van der Waals surface area contributed by atoms with Crippen LogP contribution in [0.4, 0.5) is 0 Å². The van der Waals surface area contributed by atoms with Gasteiger partial charge in [0, 0.05) is 34.5 Å². The van der Waals surface area contributed by atoms with Crippen molar-refractivity contribution in [2.75, 3.05) is 0 Å². The van der Waals surface area contributed by atoms with E-state index in [1.165, 1.54) is 5.56 Å². The second-order valence-corrected chi connectivity index (χ2v) is 13.5. The van der Waals surface area contributed by atoms with Gasteiger partial charge in [-0.1, -0.05) is 65.0 Å². The molecule has 0 bridgehead atoms. The molecule has 1 N–H and O–H groups in total. The number of hydrogen-bond donors (Lipinski definition) is 1. The lowest BCUT2D eigenvalue weighted by Gasteiger charge is -2.19. The summed E-state index contributed by atoms with van der Waals surface area (Å²) in [5.41, 5.74) is 12.4. The van der Waals surface area contributed by atoms with Crippen molar-refractivity contribution in [3.63, 3.8) is 0 Å². The number of nitrogens with zero attached hydrogens (tertiary/aromatic N) is 3. The van der Waals surface area contributed by atoms with Crippen molar-refractivity contribution < 1.29 is 9.52 Å². The van der Waals surface area contributed by atoms with E-state index in [2.05, 4.69) is 107 Å². The third kappa shape index (κ3) is 5.43. The Morgan fingerprint density at radius 1 is 0.696 bits per heavy atom. The zero-order valence-corrected chi connectivity index (χ0v) is 27.1. The molecule has 0 aliphatic carbocycles. The predicted octanol–water partition coefficient (Wildman–Crippen LogP) is 10.9. The molecule has 0 saturated heterocycles. The van der Waals surface area contributed by atoms with Gasteiger partial charge in [-0.05, 0) is 107 Å². The standard InChI is InChI=1S/C41H37N3O2/c1-24(2)29-20-33(39-37(22-29)46-40(44-39)34-23-31(41(4,5)6)12-13-36(34)45)27-10-7-9-26(18-27)32-21-30(35-17-25(3)14-16-42-35)19-28-11-8-15-43-38(28)32/h7-24,45H,1-6H3. The summed E-state index contributed by atoms with van der Waals surface area (Å²) in [6.07, 6.45) is 3.70. The number of phenolic OH excluding ortho intramolecular Hbond substituents is 1. The van der Waals surface area contributed by atoms with Gasteiger partial charge in [0.2, 0.25) is 5.89 Å². The Kier molecular flexibility index (Phi) is 7.20. The SMILES string of the molecule is Cc1ccnc(-c2cc(-c3cccc(-c4cc(C(C)C)cc5oc(-c6cc(C(C)(C)C)ccc6O)nc45)c3)c3ncccc3c2)c1. The van der Waals surface area contributed by atoms with Crippen molar-refractivity contribution in [1.29, 1.82) is 0 Å². The Labute approximate surface area is 269 Å². The van der Waals surface area contributed by atoms with Gasteiger partial charge in [0.1, 0.15) is 11.3 Å². The summed E-state index contributed by atoms with van der Waals surface area (Å²) in [6.45, 7) is 12.9. The first kappa shape index (κ1) is 29.4. The maximum absolute atomic E-state index is 10.9. The fourth-order valence-electron chi connectivity index (χ4n) is 6.00. The topological polar surface area (TPSA) is 72.0 Å². The lowest BCUT2D eigenvalue weighted by Crippen LogP contribution is -2.10. The fraction of sp³-hybridized carbons (Fsp3) is 0.195. The maximum atomic E-state index is 10.9. The Morgan fingerprint density at radius 2 is 1.48 bits per heavy atom. The highest BCUT2D eigenvalue weighted by Crippen LogP contribution is 2.40. The highest BCUT2D eigenvalue weighted by atomic mass is 16.3. The van der Waals surface area contributed by atoms with Gasteiger partial charge in [-0.3, -0.25) is 9.97 Å². The van der Waals surface area contributed by atoms with Gasteiger partial charge in [-0.25, -0.2) is 4.98 Å². The number of aromatic nitrogens is 3. The molecular formula is C41H37N3O2. The van der Waals surface area contributed by atoms with E-state index in [4.69, 9.17) is 14.4 Å². The Hall–Kier alpha value is -5.29. The molecular weight excluding hydrogens is 566 g/mol. The average Bonchev–Trinajstić information content (AvgIpc) is 3.47. The smallest absolute Gasteiger partial charge is 0.231 e. The number of fused-ring (bicyclic) bond motifs is 2. The van der Waals surface area contributed by atoms with Crippen molar-refractivity contribution in [3.8, 4) is 50.7 Å². The highest BCUT2D eigenvalue weighted by Gasteiger charge is 2.21. The summed E-state index contributed by atoms with van der Waals surface area (Å²) in [7, 11) is 0. The van der Waals surface area contributed by atoms with E-state index in [0.717, 1.165) is 61.1 Å². The molecule has 0 saturated carbocycles. The van der Waals surface area contributed by atoms with Crippen LogP contribution >= 0.6 is 0 Å². The number of pyridine rings is 2. The molecule has 0 amide bonds. The van der Waals surface area contributed by atoms with Gasteiger partial charge in [0.15, 0.2) is 5.58 Å². The van der Waals surface area contributed by atoms with Crippen LogP contribution in [0.25, 0.3) is 67.0 Å². The Balaban J connectivity index is 1.41. The number of phenols is 1. The Bertz CT molecular complexity index is 2260. The zero-order valence-electron chi connectivity index (χ0n) is 27.1. The number of hydrogen-bond acceptors (Lipinski definition) is 5. The van der Waals surface area contributed by atoms with Crippen molar-refractivity contribution in [2.24, 2.45) is 0 Å². The lowest BCUT2D eigenvalue weighted by atomic mass is 9.86. The van der Waals surface area contributed by atoms with E-state index in [-0.39, 0.29) is 17.1 Å². The van der Waals surface area contributed by atoms with E-state index >= 15 is 0 Å². The molecule has 3 heterocycles. The third-order valence-electron chi connectivity index (χ3n) is 8.68. The predicted molar refractivity (Wildman–Crippen MR) is 188 cm³/mol. The summed E-state index contributed by atoms with van der Waals surface area (Å²) < 4.78 is 6.41. The molecule has 0 radical (unpaired) electrons. The minimum Gasteiger partial charge on any atom is -0.507 e. The van der Waals surface area contributed by atoms with Gasteiger partial charge in [-0.2, -0.15) is 0 Å². The summed E-state index contributed by atoms with van der Waals surface area (Å²) in [5.74, 6) is 0.837. The molecule has 7 rings (SSSR count). The minimum atomic E-state index is -0.0867. The van der Waals surface area contributed by atoms with Gasteiger partial charge in [0.25, 0.3) is 0 Å². The zero-order chi connectivity index (χ0) is 32.2. The molecule has 4 aromatic carbocycles. The second-order valence-electron chi connectivity index (χ2n) is 13.5. The van der Waals surface area contributed by atoms with E-state index < -0.39 is 0 Å². The van der Waals surface area contributed by atoms with Crippen LogP contribution < -0.4 is 0 Å². The molecule has 3 aromatic heterocycles.